The molecule has 1 heterocycles. The Morgan fingerprint density at radius 1 is 0.879 bits per heavy atom. The maximum atomic E-state index is 13.3. The van der Waals surface area contributed by atoms with E-state index in [1.807, 2.05) is 36.4 Å². The summed E-state index contributed by atoms with van der Waals surface area (Å²) >= 11 is 0. The SMILES string of the molecule is COc1ccc(S(=O)(=O)N2CCN(C(c3ccccc3)c3ccccc3)CC2)cc1C(N)=O. The Bertz CT molecular complexity index is 1170. The van der Waals surface area contributed by atoms with Crippen LogP contribution in [0.4, 0.5) is 0 Å². The largest absolute Gasteiger partial charge is 0.496 e. The van der Waals surface area contributed by atoms with Crippen molar-refractivity contribution in [2.24, 2.45) is 5.73 Å². The fraction of sp³-hybridized carbons (Fsp3) is 0.240. The van der Waals surface area contributed by atoms with Gasteiger partial charge in [0, 0.05) is 26.2 Å². The molecule has 0 saturated carbocycles. The molecular weight excluding hydrogens is 438 g/mol. The minimum absolute atomic E-state index is 0.0354. The number of rotatable bonds is 7. The van der Waals surface area contributed by atoms with Crippen LogP contribution in [0.15, 0.2) is 83.8 Å². The van der Waals surface area contributed by atoms with Gasteiger partial charge in [-0.2, -0.15) is 4.31 Å². The topological polar surface area (TPSA) is 92.9 Å². The molecule has 4 rings (SSSR count). The van der Waals surface area contributed by atoms with Crippen molar-refractivity contribution in [1.29, 1.82) is 0 Å². The van der Waals surface area contributed by atoms with Crippen molar-refractivity contribution in [3.8, 4) is 5.75 Å². The number of hydrogen-bond acceptors (Lipinski definition) is 5. The lowest BCUT2D eigenvalue weighted by atomic mass is 9.96. The van der Waals surface area contributed by atoms with Gasteiger partial charge in [-0.1, -0.05) is 60.7 Å². The van der Waals surface area contributed by atoms with E-state index < -0.39 is 15.9 Å². The average Bonchev–Trinajstić information content (AvgIpc) is 2.85. The molecule has 8 heteroatoms. The van der Waals surface area contributed by atoms with Gasteiger partial charge in [0.05, 0.1) is 23.6 Å². The van der Waals surface area contributed by atoms with Gasteiger partial charge in [0.1, 0.15) is 5.75 Å². The first kappa shape index (κ1) is 23.0. The van der Waals surface area contributed by atoms with Crippen LogP contribution in [0.3, 0.4) is 0 Å². The smallest absolute Gasteiger partial charge is 0.252 e. The Balaban J connectivity index is 1.56. The average molecular weight is 466 g/mol. The lowest BCUT2D eigenvalue weighted by Gasteiger charge is -2.39. The Morgan fingerprint density at radius 3 is 1.91 bits per heavy atom. The highest BCUT2D eigenvalue weighted by atomic mass is 32.2. The fourth-order valence-electron chi connectivity index (χ4n) is 4.28. The summed E-state index contributed by atoms with van der Waals surface area (Å²) in [6.45, 7) is 1.84. The van der Waals surface area contributed by atoms with Crippen LogP contribution in [0.5, 0.6) is 5.75 Å². The Labute approximate surface area is 194 Å². The standard InChI is InChI=1S/C25H27N3O4S/c1-32-23-13-12-21(18-22(23)25(26)29)33(30,31)28-16-14-27(15-17-28)24(19-8-4-2-5-9-19)20-10-6-3-7-11-20/h2-13,18,24H,14-17H2,1H3,(H2,26,29). The summed E-state index contributed by atoms with van der Waals surface area (Å²) in [5.74, 6) is -0.484. The number of sulfonamides is 1. The molecule has 3 aromatic carbocycles. The number of primary amides is 1. The molecule has 1 amide bonds. The molecule has 0 aromatic heterocycles. The third-order valence-electron chi connectivity index (χ3n) is 5.94. The summed E-state index contributed by atoms with van der Waals surface area (Å²) in [6, 6.07) is 24.7. The number of amides is 1. The zero-order valence-electron chi connectivity index (χ0n) is 18.4. The highest BCUT2D eigenvalue weighted by molar-refractivity contribution is 7.89. The summed E-state index contributed by atoms with van der Waals surface area (Å²) < 4.78 is 33.2. The molecule has 1 aliphatic heterocycles. The van der Waals surface area contributed by atoms with Crippen LogP contribution in [0.1, 0.15) is 27.5 Å². The molecular formula is C25H27N3O4S. The van der Waals surface area contributed by atoms with E-state index in [9.17, 15) is 13.2 Å². The lowest BCUT2D eigenvalue weighted by Crippen LogP contribution is -2.49. The fourth-order valence-corrected chi connectivity index (χ4v) is 5.72. The molecule has 0 aliphatic carbocycles. The van der Waals surface area contributed by atoms with E-state index in [0.29, 0.717) is 26.2 Å². The maximum Gasteiger partial charge on any atom is 0.252 e. The molecule has 7 nitrogen and oxygen atoms in total. The third-order valence-corrected chi connectivity index (χ3v) is 7.84. The van der Waals surface area contributed by atoms with Gasteiger partial charge >= 0.3 is 0 Å². The van der Waals surface area contributed by atoms with Gasteiger partial charge in [0.15, 0.2) is 0 Å². The molecule has 1 saturated heterocycles. The summed E-state index contributed by atoms with van der Waals surface area (Å²) in [4.78, 5) is 14.1. The number of nitrogens with zero attached hydrogens (tertiary/aromatic N) is 2. The van der Waals surface area contributed by atoms with Gasteiger partial charge in [-0.05, 0) is 29.3 Å². The van der Waals surface area contributed by atoms with E-state index in [1.165, 1.54) is 40.7 Å². The van der Waals surface area contributed by atoms with Crippen LogP contribution < -0.4 is 10.5 Å². The Morgan fingerprint density at radius 2 is 1.42 bits per heavy atom. The molecule has 33 heavy (non-hydrogen) atoms. The number of piperazine rings is 1. The monoisotopic (exact) mass is 465 g/mol. The minimum atomic E-state index is -3.78. The molecule has 0 spiro atoms. The van der Waals surface area contributed by atoms with E-state index in [2.05, 4.69) is 29.2 Å². The normalized spacial score (nSPS) is 15.5. The second kappa shape index (κ2) is 9.74. The lowest BCUT2D eigenvalue weighted by molar-refractivity contribution is 0.0997. The Hall–Kier alpha value is -3.20. The van der Waals surface area contributed by atoms with Gasteiger partial charge < -0.3 is 10.5 Å². The highest BCUT2D eigenvalue weighted by Gasteiger charge is 2.32. The van der Waals surface area contributed by atoms with Crippen LogP contribution >= 0.6 is 0 Å². The third kappa shape index (κ3) is 4.78. The first-order valence-corrected chi connectivity index (χ1v) is 12.2. The zero-order valence-corrected chi connectivity index (χ0v) is 19.2. The molecule has 1 aliphatic rings. The number of carbonyl (C=O) groups excluding carboxylic acids is 1. The Kier molecular flexibility index (Phi) is 6.78. The number of nitrogens with two attached hydrogens (primary N) is 1. The first-order valence-electron chi connectivity index (χ1n) is 10.7. The zero-order chi connectivity index (χ0) is 23.4. The van der Waals surface area contributed by atoms with Crippen molar-refractivity contribution in [2.45, 2.75) is 10.9 Å². The summed E-state index contributed by atoms with van der Waals surface area (Å²) in [5, 5.41) is 0. The minimum Gasteiger partial charge on any atom is -0.496 e. The van der Waals surface area contributed by atoms with Crippen molar-refractivity contribution in [2.75, 3.05) is 33.3 Å². The number of benzene rings is 3. The van der Waals surface area contributed by atoms with Crippen LogP contribution in [0.2, 0.25) is 0 Å². The molecule has 2 N–H and O–H groups in total. The predicted octanol–water partition coefficient (Wildman–Crippen LogP) is 2.89. The van der Waals surface area contributed by atoms with E-state index >= 15 is 0 Å². The van der Waals surface area contributed by atoms with Crippen LogP contribution in [0.25, 0.3) is 0 Å². The van der Waals surface area contributed by atoms with E-state index in [4.69, 9.17) is 10.5 Å². The van der Waals surface area contributed by atoms with Crippen LogP contribution in [-0.2, 0) is 10.0 Å². The number of carbonyl (C=O) groups is 1. The van der Waals surface area contributed by atoms with Crippen molar-refractivity contribution < 1.29 is 17.9 Å². The van der Waals surface area contributed by atoms with Crippen LogP contribution in [-0.4, -0.2) is 56.8 Å². The van der Waals surface area contributed by atoms with Crippen molar-refractivity contribution >= 4 is 15.9 Å². The van der Waals surface area contributed by atoms with Gasteiger partial charge in [-0.3, -0.25) is 9.69 Å². The maximum absolute atomic E-state index is 13.3. The van der Waals surface area contributed by atoms with Gasteiger partial charge in [0.25, 0.3) is 5.91 Å². The van der Waals surface area contributed by atoms with Crippen molar-refractivity contribution in [3.63, 3.8) is 0 Å². The molecule has 1 fully saturated rings. The number of methoxy groups -OCH3 is 1. The van der Waals surface area contributed by atoms with Crippen molar-refractivity contribution in [3.05, 3.63) is 95.6 Å². The molecule has 0 unspecified atom stereocenters. The van der Waals surface area contributed by atoms with Gasteiger partial charge in [-0.15, -0.1) is 0 Å². The van der Waals surface area contributed by atoms with Gasteiger partial charge in [-0.25, -0.2) is 8.42 Å². The second-order valence-electron chi connectivity index (χ2n) is 7.89. The molecule has 0 radical (unpaired) electrons. The van der Waals surface area contributed by atoms with E-state index in [1.54, 1.807) is 0 Å². The molecule has 0 atom stereocenters. The van der Waals surface area contributed by atoms with E-state index in [-0.39, 0.29) is 22.3 Å². The summed E-state index contributed by atoms with van der Waals surface area (Å²) in [5.41, 5.74) is 7.79. The number of ether oxygens (including phenoxy) is 1. The number of hydrogen-bond donors (Lipinski definition) is 1. The first-order chi connectivity index (χ1) is 15.9. The second-order valence-corrected chi connectivity index (χ2v) is 9.83. The quantitative estimate of drug-likeness (QED) is 0.579. The van der Waals surface area contributed by atoms with Crippen LogP contribution in [0, 0.1) is 0 Å². The predicted molar refractivity (Wildman–Crippen MR) is 127 cm³/mol. The van der Waals surface area contributed by atoms with E-state index in [0.717, 1.165) is 0 Å². The molecule has 3 aromatic rings. The molecule has 172 valence electrons. The van der Waals surface area contributed by atoms with Gasteiger partial charge in [0.2, 0.25) is 10.0 Å². The highest BCUT2D eigenvalue weighted by Crippen LogP contribution is 2.31. The molecule has 0 bridgehead atoms. The summed E-state index contributed by atoms with van der Waals surface area (Å²) in [7, 11) is -2.37. The summed E-state index contributed by atoms with van der Waals surface area (Å²) in [6.07, 6.45) is 0. The van der Waals surface area contributed by atoms with Crippen molar-refractivity contribution in [1.82, 2.24) is 9.21 Å².